The van der Waals surface area contributed by atoms with Crippen molar-refractivity contribution in [1.29, 1.82) is 0 Å². The van der Waals surface area contributed by atoms with Crippen molar-refractivity contribution >= 4 is 11.8 Å². The fourth-order valence-electron chi connectivity index (χ4n) is 3.87. The first-order valence-electron chi connectivity index (χ1n) is 8.12. The monoisotopic (exact) mass is 309 g/mol. The van der Waals surface area contributed by atoms with Crippen LogP contribution in [-0.4, -0.2) is 0 Å². The summed E-state index contributed by atoms with van der Waals surface area (Å²) in [6, 6.07) is 27.4. The van der Waals surface area contributed by atoms with Gasteiger partial charge in [-0.1, -0.05) is 79.4 Å². The summed E-state index contributed by atoms with van der Waals surface area (Å²) in [4.78, 5) is 0. The third kappa shape index (κ3) is 1.95. The van der Waals surface area contributed by atoms with E-state index in [4.69, 9.17) is 5.73 Å². The van der Waals surface area contributed by atoms with E-state index in [1.54, 1.807) is 0 Å². The lowest BCUT2D eigenvalue weighted by atomic mass is 9.67. The van der Waals surface area contributed by atoms with Crippen molar-refractivity contribution in [3.8, 4) is 0 Å². The molecule has 0 fully saturated rings. The summed E-state index contributed by atoms with van der Waals surface area (Å²) in [6.07, 6.45) is 4.18. The molecule has 0 heterocycles. The van der Waals surface area contributed by atoms with Crippen LogP contribution >= 0.6 is 0 Å². The van der Waals surface area contributed by atoms with Crippen LogP contribution in [-0.2, 0) is 5.41 Å². The van der Waals surface area contributed by atoms with Crippen LogP contribution in [0.1, 0.15) is 22.3 Å². The third-order valence-corrected chi connectivity index (χ3v) is 4.86. The summed E-state index contributed by atoms with van der Waals surface area (Å²) in [5, 5.41) is 0. The van der Waals surface area contributed by atoms with Gasteiger partial charge < -0.3 is 5.73 Å². The Morgan fingerprint density at radius 3 is 1.92 bits per heavy atom. The maximum Gasteiger partial charge on any atom is 0.0707 e. The van der Waals surface area contributed by atoms with Crippen molar-refractivity contribution in [2.75, 3.05) is 5.73 Å². The second kappa shape index (κ2) is 5.54. The molecule has 0 aromatic heterocycles. The molecule has 0 amide bonds. The van der Waals surface area contributed by atoms with Crippen molar-refractivity contribution in [3.05, 3.63) is 119 Å². The number of fused-ring (bicyclic) bond motifs is 1. The lowest BCUT2D eigenvalue weighted by Gasteiger charge is -2.34. The molecule has 0 unspecified atom stereocenters. The van der Waals surface area contributed by atoms with Gasteiger partial charge >= 0.3 is 0 Å². The lowest BCUT2D eigenvalue weighted by Crippen LogP contribution is -2.29. The van der Waals surface area contributed by atoms with Crippen LogP contribution in [0, 0.1) is 0 Å². The number of rotatable bonds is 3. The fraction of sp³-hybridized carbons (Fsp3) is 0.0435. The van der Waals surface area contributed by atoms with Gasteiger partial charge in [0.1, 0.15) is 0 Å². The van der Waals surface area contributed by atoms with Gasteiger partial charge in [0.15, 0.2) is 0 Å². The lowest BCUT2D eigenvalue weighted by molar-refractivity contribution is 0.762. The zero-order valence-corrected chi connectivity index (χ0v) is 13.4. The zero-order valence-electron chi connectivity index (χ0n) is 13.4. The van der Waals surface area contributed by atoms with Crippen LogP contribution in [0.4, 0.5) is 5.69 Å². The Hall–Kier alpha value is -3.06. The van der Waals surface area contributed by atoms with E-state index in [1.165, 1.54) is 22.3 Å². The number of hydrogen-bond donors (Lipinski definition) is 1. The van der Waals surface area contributed by atoms with Crippen LogP contribution in [0.15, 0.2) is 97.1 Å². The van der Waals surface area contributed by atoms with Gasteiger partial charge in [0.2, 0.25) is 0 Å². The summed E-state index contributed by atoms with van der Waals surface area (Å²) in [5.74, 6) is 0. The molecule has 0 saturated heterocycles. The Kier molecular flexibility index (Phi) is 3.35. The highest BCUT2D eigenvalue weighted by molar-refractivity contribution is 5.80. The first-order valence-corrected chi connectivity index (χ1v) is 8.12. The van der Waals surface area contributed by atoms with Crippen molar-refractivity contribution in [1.82, 2.24) is 0 Å². The van der Waals surface area contributed by atoms with Gasteiger partial charge in [-0.25, -0.2) is 0 Å². The molecule has 3 aromatic rings. The molecule has 116 valence electrons. The highest BCUT2D eigenvalue weighted by Crippen LogP contribution is 2.51. The molecule has 24 heavy (non-hydrogen) atoms. The Bertz CT molecular complexity index is 881. The van der Waals surface area contributed by atoms with Crippen LogP contribution < -0.4 is 5.73 Å². The van der Waals surface area contributed by atoms with Crippen LogP contribution in [0.5, 0.6) is 0 Å². The van der Waals surface area contributed by atoms with Gasteiger partial charge in [-0.05, 0) is 46.0 Å². The summed E-state index contributed by atoms with van der Waals surface area (Å²) < 4.78 is 0. The second-order valence-electron chi connectivity index (χ2n) is 6.13. The molecular formula is C23H19N. The number of benzene rings is 3. The zero-order chi connectivity index (χ0) is 16.6. The van der Waals surface area contributed by atoms with Gasteiger partial charge in [-0.3, -0.25) is 0 Å². The van der Waals surface area contributed by atoms with E-state index in [2.05, 4.69) is 79.4 Å². The standard InChI is InChI=1S/C23H19N/c1-2-18-15-17-16-21(24)13-14-22(17)23(18,19-9-5-3-6-10-19)20-11-7-4-8-12-20/h2-16H,1,24H2. The SMILES string of the molecule is C=CC1=Cc2cc(N)ccc2C1(c1ccccc1)c1ccccc1. The minimum absolute atomic E-state index is 0.340. The van der Waals surface area contributed by atoms with Crippen molar-refractivity contribution in [3.63, 3.8) is 0 Å². The molecule has 2 N–H and O–H groups in total. The van der Waals surface area contributed by atoms with E-state index in [0.717, 1.165) is 11.3 Å². The summed E-state index contributed by atoms with van der Waals surface area (Å²) in [5.41, 5.74) is 12.6. The van der Waals surface area contributed by atoms with Gasteiger partial charge in [-0.15, -0.1) is 0 Å². The molecule has 0 aliphatic heterocycles. The molecule has 1 heteroatoms. The fourth-order valence-corrected chi connectivity index (χ4v) is 3.87. The van der Waals surface area contributed by atoms with E-state index in [-0.39, 0.29) is 5.41 Å². The molecule has 3 aromatic carbocycles. The van der Waals surface area contributed by atoms with E-state index in [9.17, 15) is 0 Å². The topological polar surface area (TPSA) is 26.0 Å². The van der Waals surface area contributed by atoms with Crippen LogP contribution in [0.2, 0.25) is 0 Å². The van der Waals surface area contributed by atoms with Crippen molar-refractivity contribution in [2.45, 2.75) is 5.41 Å². The quantitative estimate of drug-likeness (QED) is 0.662. The second-order valence-corrected chi connectivity index (χ2v) is 6.13. The highest BCUT2D eigenvalue weighted by atomic mass is 14.6. The highest BCUT2D eigenvalue weighted by Gasteiger charge is 2.43. The average molecular weight is 309 g/mol. The molecular weight excluding hydrogens is 290 g/mol. The first-order chi connectivity index (χ1) is 11.8. The molecule has 1 aliphatic carbocycles. The van der Waals surface area contributed by atoms with Gasteiger partial charge in [0, 0.05) is 5.69 Å². The molecule has 0 spiro atoms. The average Bonchev–Trinajstić information content (AvgIpc) is 2.97. The minimum Gasteiger partial charge on any atom is -0.399 e. The van der Waals surface area contributed by atoms with Crippen molar-refractivity contribution in [2.24, 2.45) is 0 Å². The molecule has 4 rings (SSSR count). The number of nitrogen functional groups attached to an aromatic ring is 1. The third-order valence-electron chi connectivity index (χ3n) is 4.86. The molecule has 1 aliphatic rings. The van der Waals surface area contributed by atoms with E-state index < -0.39 is 0 Å². The molecule has 1 nitrogen and oxygen atoms in total. The number of anilines is 1. The van der Waals surface area contributed by atoms with Gasteiger partial charge in [0.25, 0.3) is 0 Å². The largest absolute Gasteiger partial charge is 0.399 e. The first kappa shape index (κ1) is 14.5. The summed E-state index contributed by atoms with van der Waals surface area (Å²) in [6.45, 7) is 4.09. The van der Waals surface area contributed by atoms with Crippen molar-refractivity contribution < 1.29 is 0 Å². The van der Waals surface area contributed by atoms with Crippen LogP contribution in [0.3, 0.4) is 0 Å². The maximum atomic E-state index is 6.03. The summed E-state index contributed by atoms with van der Waals surface area (Å²) >= 11 is 0. The molecule has 0 radical (unpaired) electrons. The Labute approximate surface area is 142 Å². The van der Waals surface area contributed by atoms with Crippen LogP contribution in [0.25, 0.3) is 6.08 Å². The smallest absolute Gasteiger partial charge is 0.0707 e. The Morgan fingerprint density at radius 2 is 1.38 bits per heavy atom. The number of hydrogen-bond acceptors (Lipinski definition) is 1. The summed E-state index contributed by atoms with van der Waals surface area (Å²) in [7, 11) is 0. The molecule has 0 atom stereocenters. The van der Waals surface area contributed by atoms with E-state index in [1.807, 2.05) is 18.2 Å². The Morgan fingerprint density at radius 1 is 0.792 bits per heavy atom. The van der Waals surface area contributed by atoms with Gasteiger partial charge in [0.05, 0.1) is 5.41 Å². The molecule has 0 saturated carbocycles. The normalized spacial score (nSPS) is 14.8. The van der Waals surface area contributed by atoms with Gasteiger partial charge in [-0.2, -0.15) is 0 Å². The minimum atomic E-state index is -0.340. The number of nitrogens with two attached hydrogens (primary N) is 1. The number of allylic oxidation sites excluding steroid dienone is 2. The molecule has 0 bridgehead atoms. The Balaban J connectivity index is 2.12. The van der Waals surface area contributed by atoms with E-state index in [0.29, 0.717) is 0 Å². The predicted octanol–water partition coefficient (Wildman–Crippen LogP) is 5.19. The predicted molar refractivity (Wildman–Crippen MR) is 102 cm³/mol. The maximum absolute atomic E-state index is 6.03. The van der Waals surface area contributed by atoms with E-state index >= 15 is 0 Å².